The van der Waals surface area contributed by atoms with Crippen molar-refractivity contribution in [1.29, 1.82) is 0 Å². The molecule has 1 heterocycles. The summed E-state index contributed by atoms with van der Waals surface area (Å²) in [6.07, 6.45) is 1.52. The number of hydrogen-bond acceptors (Lipinski definition) is 3. The zero-order valence-corrected chi connectivity index (χ0v) is 13.4. The summed E-state index contributed by atoms with van der Waals surface area (Å²) in [6, 6.07) is 12.0. The predicted octanol–water partition coefficient (Wildman–Crippen LogP) is 3.76. The molecule has 1 aliphatic rings. The Morgan fingerprint density at radius 3 is 2.77 bits per heavy atom. The predicted molar refractivity (Wildman–Crippen MR) is 88.1 cm³/mol. The van der Waals surface area contributed by atoms with Crippen LogP contribution in [0.3, 0.4) is 0 Å². The topological polar surface area (TPSA) is 46.2 Å². The first-order valence-electron chi connectivity index (χ1n) is 7.59. The molecule has 1 N–H and O–H groups in total. The number of hydrogen-bond donors (Lipinski definition) is 1. The largest absolute Gasteiger partial charge is 0.349 e. The summed E-state index contributed by atoms with van der Waals surface area (Å²) in [7, 11) is 0. The van der Waals surface area contributed by atoms with Crippen LogP contribution >= 0.6 is 11.3 Å². The lowest BCUT2D eigenvalue weighted by Gasteiger charge is -2.18. The van der Waals surface area contributed by atoms with E-state index in [2.05, 4.69) is 24.4 Å². The molecule has 0 aliphatic heterocycles. The van der Waals surface area contributed by atoms with E-state index in [9.17, 15) is 9.59 Å². The molecular weight excluding hydrogens is 294 g/mol. The number of nitrogens with one attached hydrogen (secondary N) is 1. The second-order valence-corrected chi connectivity index (χ2v) is 6.77. The molecule has 1 amide bonds. The maximum atomic E-state index is 12.2. The van der Waals surface area contributed by atoms with Crippen LogP contribution < -0.4 is 5.32 Å². The van der Waals surface area contributed by atoms with Gasteiger partial charge >= 0.3 is 0 Å². The van der Waals surface area contributed by atoms with E-state index < -0.39 is 0 Å². The molecule has 0 fully saturated rings. The van der Waals surface area contributed by atoms with Crippen molar-refractivity contribution in [3.05, 3.63) is 57.8 Å². The summed E-state index contributed by atoms with van der Waals surface area (Å²) in [5.41, 5.74) is 2.53. The van der Waals surface area contributed by atoms with Crippen molar-refractivity contribution >= 4 is 23.0 Å². The number of Topliss-reactive ketones (excluding diaryl/α,β-unsaturated/α-hetero) is 1. The van der Waals surface area contributed by atoms with Gasteiger partial charge in [0.25, 0.3) is 0 Å². The van der Waals surface area contributed by atoms with Crippen molar-refractivity contribution in [1.82, 2.24) is 5.32 Å². The van der Waals surface area contributed by atoms with E-state index in [-0.39, 0.29) is 30.6 Å². The van der Waals surface area contributed by atoms with Gasteiger partial charge in [0.1, 0.15) is 0 Å². The number of amides is 1. The van der Waals surface area contributed by atoms with E-state index in [0.717, 1.165) is 11.3 Å². The smallest absolute Gasteiger partial charge is 0.220 e. The van der Waals surface area contributed by atoms with Crippen LogP contribution in [0.25, 0.3) is 0 Å². The molecule has 22 heavy (non-hydrogen) atoms. The summed E-state index contributed by atoms with van der Waals surface area (Å²) < 4.78 is 0. The van der Waals surface area contributed by atoms with Crippen LogP contribution in [0.1, 0.15) is 46.6 Å². The van der Waals surface area contributed by atoms with Crippen molar-refractivity contribution in [3.8, 4) is 0 Å². The van der Waals surface area contributed by atoms with Crippen LogP contribution in [0.2, 0.25) is 0 Å². The second kappa shape index (κ2) is 6.44. The number of fused-ring (bicyclic) bond motifs is 1. The van der Waals surface area contributed by atoms with Crippen LogP contribution in [0.15, 0.2) is 41.8 Å². The average Bonchev–Trinajstić information content (AvgIpc) is 3.14. The van der Waals surface area contributed by atoms with Crippen LogP contribution in [-0.2, 0) is 11.2 Å². The number of carbonyl (C=O) groups is 2. The minimum absolute atomic E-state index is 0.0431. The fourth-order valence-corrected chi connectivity index (χ4v) is 3.74. The summed E-state index contributed by atoms with van der Waals surface area (Å²) in [6.45, 7) is 2.15. The van der Waals surface area contributed by atoms with Crippen LogP contribution in [-0.4, -0.2) is 11.7 Å². The highest BCUT2D eigenvalue weighted by Gasteiger charge is 2.30. The van der Waals surface area contributed by atoms with E-state index in [4.69, 9.17) is 0 Å². The molecule has 3 nitrogen and oxygen atoms in total. The van der Waals surface area contributed by atoms with Crippen LogP contribution in [0.5, 0.6) is 0 Å². The Morgan fingerprint density at radius 1 is 1.18 bits per heavy atom. The summed E-state index contributed by atoms with van der Waals surface area (Å²) >= 11 is 1.43. The van der Waals surface area contributed by atoms with Gasteiger partial charge in [0, 0.05) is 12.8 Å². The molecule has 1 aliphatic carbocycles. The molecule has 0 bridgehead atoms. The highest BCUT2D eigenvalue weighted by molar-refractivity contribution is 7.12. The fourth-order valence-electron chi connectivity index (χ4n) is 3.05. The van der Waals surface area contributed by atoms with Gasteiger partial charge in [0.05, 0.1) is 10.9 Å². The zero-order valence-electron chi connectivity index (χ0n) is 12.5. The normalized spacial score (nSPS) is 19.7. The third kappa shape index (κ3) is 3.12. The number of benzene rings is 1. The lowest BCUT2D eigenvalue weighted by atomic mass is 10.0. The van der Waals surface area contributed by atoms with Gasteiger partial charge in [-0.3, -0.25) is 9.59 Å². The van der Waals surface area contributed by atoms with Crippen molar-refractivity contribution in [2.45, 2.75) is 32.2 Å². The molecule has 1 aromatic heterocycles. The lowest BCUT2D eigenvalue weighted by Crippen LogP contribution is -2.30. The minimum atomic E-state index is -0.0431. The molecule has 2 unspecified atom stereocenters. The Labute approximate surface area is 134 Å². The maximum Gasteiger partial charge on any atom is 0.220 e. The summed E-state index contributed by atoms with van der Waals surface area (Å²) in [4.78, 5) is 24.8. The molecule has 0 radical (unpaired) electrons. The monoisotopic (exact) mass is 313 g/mol. The standard InChI is InChI=1S/C18H19NO2S/c1-12-11-13-5-2-3-6-14(13)18(12)19-17(21)9-8-15(20)16-7-4-10-22-16/h2-7,10,12,18H,8-9,11H2,1H3,(H,19,21). The van der Waals surface area contributed by atoms with E-state index in [1.54, 1.807) is 6.07 Å². The molecule has 114 valence electrons. The number of carbonyl (C=O) groups excluding carboxylic acids is 2. The number of rotatable bonds is 5. The van der Waals surface area contributed by atoms with Gasteiger partial charge < -0.3 is 5.32 Å². The molecule has 3 rings (SSSR count). The molecule has 2 aromatic rings. The average molecular weight is 313 g/mol. The minimum Gasteiger partial charge on any atom is -0.349 e. The van der Waals surface area contributed by atoms with Gasteiger partial charge in [-0.05, 0) is 34.9 Å². The molecule has 1 aromatic carbocycles. The van der Waals surface area contributed by atoms with E-state index in [1.165, 1.54) is 22.5 Å². The highest BCUT2D eigenvalue weighted by Crippen LogP contribution is 2.35. The Balaban J connectivity index is 1.57. The fraction of sp³-hybridized carbons (Fsp3) is 0.333. The first-order chi connectivity index (χ1) is 10.6. The zero-order chi connectivity index (χ0) is 15.5. The van der Waals surface area contributed by atoms with Gasteiger partial charge in [-0.2, -0.15) is 0 Å². The molecule has 4 heteroatoms. The molecule has 0 saturated heterocycles. The summed E-state index contributed by atoms with van der Waals surface area (Å²) in [5.74, 6) is 0.401. The Kier molecular flexibility index (Phi) is 4.39. The molecule has 0 saturated carbocycles. The molecule has 0 spiro atoms. The lowest BCUT2D eigenvalue weighted by molar-refractivity contribution is -0.122. The van der Waals surface area contributed by atoms with Crippen LogP contribution in [0.4, 0.5) is 0 Å². The third-order valence-electron chi connectivity index (χ3n) is 4.19. The number of thiophene rings is 1. The Hall–Kier alpha value is -1.94. The van der Waals surface area contributed by atoms with Crippen molar-refractivity contribution in [2.24, 2.45) is 5.92 Å². The molecule has 2 atom stereocenters. The second-order valence-electron chi connectivity index (χ2n) is 5.83. The maximum absolute atomic E-state index is 12.2. The first kappa shape index (κ1) is 15.0. The van der Waals surface area contributed by atoms with Gasteiger partial charge in [-0.1, -0.05) is 37.3 Å². The third-order valence-corrected chi connectivity index (χ3v) is 5.10. The van der Waals surface area contributed by atoms with Gasteiger partial charge in [0.15, 0.2) is 5.78 Å². The Morgan fingerprint density at radius 2 is 2.00 bits per heavy atom. The van der Waals surface area contributed by atoms with E-state index >= 15 is 0 Å². The quantitative estimate of drug-likeness (QED) is 0.854. The van der Waals surface area contributed by atoms with Gasteiger partial charge in [-0.25, -0.2) is 0 Å². The number of ketones is 1. The van der Waals surface area contributed by atoms with Crippen LogP contribution in [0, 0.1) is 5.92 Å². The first-order valence-corrected chi connectivity index (χ1v) is 8.47. The van der Waals surface area contributed by atoms with Crippen molar-refractivity contribution in [3.63, 3.8) is 0 Å². The Bertz CT molecular complexity index is 678. The van der Waals surface area contributed by atoms with Gasteiger partial charge in [-0.15, -0.1) is 11.3 Å². The summed E-state index contributed by atoms with van der Waals surface area (Å²) in [5, 5.41) is 4.98. The SMILES string of the molecule is CC1Cc2ccccc2C1NC(=O)CCC(=O)c1cccs1. The van der Waals surface area contributed by atoms with Crippen molar-refractivity contribution < 1.29 is 9.59 Å². The highest BCUT2D eigenvalue weighted by atomic mass is 32.1. The van der Waals surface area contributed by atoms with Gasteiger partial charge in [0.2, 0.25) is 5.91 Å². The van der Waals surface area contributed by atoms with E-state index in [0.29, 0.717) is 5.92 Å². The molecular formula is C18H19NO2S. The van der Waals surface area contributed by atoms with E-state index in [1.807, 2.05) is 23.6 Å². The van der Waals surface area contributed by atoms with Crippen molar-refractivity contribution in [2.75, 3.05) is 0 Å².